The Hall–Kier alpha value is -2.01. The van der Waals surface area contributed by atoms with Gasteiger partial charge < -0.3 is 20.7 Å². The Bertz CT molecular complexity index is 577. The number of aromatic amines is 1. The number of amides is 2. The first-order valence-corrected chi connectivity index (χ1v) is 6.86. The molecule has 1 heterocycles. The number of nitrogens with one attached hydrogen (secondary N) is 3. The monoisotopic (exact) mass is 275 g/mol. The fourth-order valence-electron chi connectivity index (χ4n) is 1.97. The molecule has 108 valence electrons. The number of anilines is 1. The number of hydrogen-bond donors (Lipinski definition) is 4. The van der Waals surface area contributed by atoms with Crippen molar-refractivity contribution < 1.29 is 9.90 Å². The van der Waals surface area contributed by atoms with Gasteiger partial charge in [-0.25, -0.2) is 4.79 Å². The van der Waals surface area contributed by atoms with Gasteiger partial charge in [-0.15, -0.1) is 0 Å². The summed E-state index contributed by atoms with van der Waals surface area (Å²) in [5.41, 5.74) is 1.79. The van der Waals surface area contributed by atoms with Crippen molar-refractivity contribution in [1.29, 1.82) is 0 Å². The Kier molecular flexibility index (Phi) is 4.63. The van der Waals surface area contributed by atoms with Crippen molar-refractivity contribution in [3.63, 3.8) is 0 Å². The second-order valence-electron chi connectivity index (χ2n) is 5.26. The quantitative estimate of drug-likeness (QED) is 0.677. The summed E-state index contributed by atoms with van der Waals surface area (Å²) in [7, 11) is 0. The third-order valence-corrected chi connectivity index (χ3v) is 3.31. The SMILES string of the molecule is CC(C)C(O)CCNC(=O)Nc1ccc2[nH]ccc2c1. The molecule has 0 aliphatic rings. The number of rotatable bonds is 5. The van der Waals surface area contributed by atoms with E-state index in [0.717, 1.165) is 16.6 Å². The minimum atomic E-state index is -0.383. The molecule has 5 nitrogen and oxygen atoms in total. The van der Waals surface area contributed by atoms with Gasteiger partial charge >= 0.3 is 6.03 Å². The van der Waals surface area contributed by atoms with E-state index in [4.69, 9.17) is 0 Å². The van der Waals surface area contributed by atoms with Gasteiger partial charge in [0.15, 0.2) is 0 Å². The van der Waals surface area contributed by atoms with Gasteiger partial charge in [0.25, 0.3) is 0 Å². The number of urea groups is 1. The smallest absolute Gasteiger partial charge is 0.319 e. The van der Waals surface area contributed by atoms with E-state index in [9.17, 15) is 9.90 Å². The standard InChI is InChI=1S/C15H21N3O2/c1-10(2)14(19)6-8-17-15(20)18-12-3-4-13-11(9-12)5-7-16-13/h3-5,7,9-10,14,16,19H,6,8H2,1-2H3,(H2,17,18,20). The summed E-state index contributed by atoms with van der Waals surface area (Å²) in [5, 5.41) is 16.2. The minimum Gasteiger partial charge on any atom is -0.393 e. The van der Waals surface area contributed by atoms with E-state index in [1.54, 1.807) is 0 Å². The molecule has 0 saturated carbocycles. The number of carbonyl (C=O) groups excluding carboxylic acids is 1. The highest BCUT2D eigenvalue weighted by Gasteiger charge is 2.09. The van der Waals surface area contributed by atoms with Crippen LogP contribution in [0.5, 0.6) is 0 Å². The molecule has 0 aliphatic carbocycles. The van der Waals surface area contributed by atoms with Crippen molar-refractivity contribution in [3.8, 4) is 0 Å². The molecule has 0 fully saturated rings. The average molecular weight is 275 g/mol. The first-order chi connectivity index (χ1) is 9.56. The molecule has 0 radical (unpaired) electrons. The summed E-state index contributed by atoms with van der Waals surface area (Å²) >= 11 is 0. The lowest BCUT2D eigenvalue weighted by Gasteiger charge is -2.14. The number of carbonyl (C=O) groups is 1. The molecule has 0 bridgehead atoms. The fourth-order valence-corrected chi connectivity index (χ4v) is 1.97. The van der Waals surface area contributed by atoms with Crippen LogP contribution in [0.4, 0.5) is 10.5 Å². The number of aromatic nitrogens is 1. The van der Waals surface area contributed by atoms with Gasteiger partial charge in [-0.05, 0) is 36.6 Å². The molecule has 2 aromatic rings. The fraction of sp³-hybridized carbons (Fsp3) is 0.400. The third kappa shape index (κ3) is 3.74. The van der Waals surface area contributed by atoms with Crippen LogP contribution in [-0.4, -0.2) is 28.8 Å². The van der Waals surface area contributed by atoms with Crippen LogP contribution in [0.1, 0.15) is 20.3 Å². The van der Waals surface area contributed by atoms with Crippen LogP contribution in [0.2, 0.25) is 0 Å². The summed E-state index contributed by atoms with van der Waals surface area (Å²) in [6.45, 7) is 4.37. The largest absolute Gasteiger partial charge is 0.393 e. The molecule has 1 atom stereocenters. The zero-order valence-electron chi connectivity index (χ0n) is 11.8. The Morgan fingerprint density at radius 1 is 1.35 bits per heavy atom. The number of fused-ring (bicyclic) bond motifs is 1. The molecular weight excluding hydrogens is 254 g/mol. The van der Waals surface area contributed by atoms with Crippen molar-refractivity contribution in [2.45, 2.75) is 26.4 Å². The van der Waals surface area contributed by atoms with Gasteiger partial charge in [-0.1, -0.05) is 13.8 Å². The maximum atomic E-state index is 11.7. The zero-order chi connectivity index (χ0) is 14.5. The number of aliphatic hydroxyl groups excluding tert-OH is 1. The van der Waals surface area contributed by atoms with Crippen molar-refractivity contribution in [1.82, 2.24) is 10.3 Å². The molecule has 0 aliphatic heterocycles. The Morgan fingerprint density at radius 2 is 2.15 bits per heavy atom. The first kappa shape index (κ1) is 14.4. The number of benzene rings is 1. The van der Waals surface area contributed by atoms with Crippen LogP contribution in [0, 0.1) is 5.92 Å². The van der Waals surface area contributed by atoms with Crippen LogP contribution in [0.3, 0.4) is 0 Å². The third-order valence-electron chi connectivity index (χ3n) is 3.31. The Morgan fingerprint density at radius 3 is 2.90 bits per heavy atom. The highest BCUT2D eigenvalue weighted by Crippen LogP contribution is 2.17. The first-order valence-electron chi connectivity index (χ1n) is 6.86. The van der Waals surface area contributed by atoms with Crippen molar-refractivity contribution in [2.75, 3.05) is 11.9 Å². The summed E-state index contributed by atoms with van der Waals surface area (Å²) in [5.74, 6) is 0.204. The van der Waals surface area contributed by atoms with Gasteiger partial charge in [0.1, 0.15) is 0 Å². The molecule has 20 heavy (non-hydrogen) atoms. The number of aliphatic hydroxyl groups is 1. The van der Waals surface area contributed by atoms with E-state index in [-0.39, 0.29) is 18.1 Å². The van der Waals surface area contributed by atoms with E-state index in [2.05, 4.69) is 15.6 Å². The summed E-state index contributed by atoms with van der Waals surface area (Å²) < 4.78 is 0. The van der Waals surface area contributed by atoms with Gasteiger partial charge in [0.05, 0.1) is 6.10 Å². The molecule has 4 N–H and O–H groups in total. The van der Waals surface area contributed by atoms with Crippen LogP contribution in [0.15, 0.2) is 30.5 Å². The second-order valence-corrected chi connectivity index (χ2v) is 5.26. The lowest BCUT2D eigenvalue weighted by molar-refractivity contribution is 0.117. The number of H-pyrrole nitrogens is 1. The topological polar surface area (TPSA) is 77.2 Å². The average Bonchev–Trinajstić information content (AvgIpc) is 2.85. The van der Waals surface area contributed by atoms with E-state index in [1.807, 2.05) is 44.3 Å². The van der Waals surface area contributed by atoms with E-state index < -0.39 is 0 Å². The summed E-state index contributed by atoms with van der Waals surface area (Å²) in [4.78, 5) is 14.8. The molecular formula is C15H21N3O2. The van der Waals surface area contributed by atoms with Crippen molar-refractivity contribution >= 4 is 22.6 Å². The molecule has 2 rings (SSSR count). The van der Waals surface area contributed by atoms with E-state index in [1.165, 1.54) is 0 Å². The predicted molar refractivity (Wildman–Crippen MR) is 80.8 cm³/mol. The highest BCUT2D eigenvalue weighted by molar-refractivity contribution is 5.92. The van der Waals surface area contributed by atoms with Gasteiger partial charge in [0, 0.05) is 29.3 Å². The Balaban J connectivity index is 1.82. The van der Waals surface area contributed by atoms with E-state index >= 15 is 0 Å². The maximum absolute atomic E-state index is 11.7. The van der Waals surface area contributed by atoms with Crippen LogP contribution in [-0.2, 0) is 0 Å². The van der Waals surface area contributed by atoms with Gasteiger partial charge in [-0.2, -0.15) is 0 Å². The maximum Gasteiger partial charge on any atom is 0.319 e. The number of hydrogen-bond acceptors (Lipinski definition) is 2. The summed E-state index contributed by atoms with van der Waals surface area (Å²) in [6, 6.07) is 7.39. The van der Waals surface area contributed by atoms with Crippen LogP contribution in [0.25, 0.3) is 10.9 Å². The van der Waals surface area contributed by atoms with Crippen LogP contribution < -0.4 is 10.6 Å². The van der Waals surface area contributed by atoms with Crippen molar-refractivity contribution in [2.24, 2.45) is 5.92 Å². The van der Waals surface area contributed by atoms with E-state index in [0.29, 0.717) is 13.0 Å². The predicted octanol–water partition coefficient (Wildman–Crippen LogP) is 2.70. The van der Waals surface area contributed by atoms with Gasteiger partial charge in [0.2, 0.25) is 0 Å². The molecule has 2 amide bonds. The summed E-state index contributed by atoms with van der Waals surface area (Å²) in [6.07, 6.45) is 2.04. The highest BCUT2D eigenvalue weighted by atomic mass is 16.3. The second kappa shape index (κ2) is 6.43. The zero-order valence-corrected chi connectivity index (χ0v) is 11.8. The molecule has 5 heteroatoms. The lowest BCUT2D eigenvalue weighted by atomic mass is 10.0. The van der Waals surface area contributed by atoms with Crippen LogP contribution >= 0.6 is 0 Å². The molecule has 1 aromatic heterocycles. The molecule has 0 saturated heterocycles. The van der Waals surface area contributed by atoms with Gasteiger partial charge in [-0.3, -0.25) is 0 Å². The molecule has 1 aromatic carbocycles. The minimum absolute atomic E-state index is 0.204. The molecule has 0 spiro atoms. The Labute approximate surface area is 118 Å². The lowest BCUT2D eigenvalue weighted by Crippen LogP contribution is -2.32. The van der Waals surface area contributed by atoms with Crippen molar-refractivity contribution in [3.05, 3.63) is 30.5 Å². The normalized spacial score (nSPS) is 12.6. The molecule has 1 unspecified atom stereocenters.